The molecule has 0 aliphatic heterocycles. The number of rotatable bonds is 8. The highest BCUT2D eigenvalue weighted by Crippen LogP contribution is 2.38. The first kappa shape index (κ1) is 25.1. The molecule has 0 saturated carbocycles. The summed E-state index contributed by atoms with van der Waals surface area (Å²) in [6.07, 6.45) is 0. The van der Waals surface area contributed by atoms with Gasteiger partial charge in [0.2, 0.25) is 0 Å². The van der Waals surface area contributed by atoms with E-state index < -0.39 is 0 Å². The zero-order valence-corrected chi connectivity index (χ0v) is 21.4. The average molecular weight is 466 g/mol. The van der Waals surface area contributed by atoms with Crippen molar-refractivity contribution in [3.05, 3.63) is 74.9 Å². The molecule has 2 N–H and O–H groups in total. The predicted octanol–water partition coefficient (Wildman–Crippen LogP) is 5.18. The van der Waals surface area contributed by atoms with Crippen molar-refractivity contribution >= 4 is 17.6 Å². The van der Waals surface area contributed by atoms with Crippen LogP contribution in [-0.2, 0) is 9.47 Å². The van der Waals surface area contributed by atoms with Crippen molar-refractivity contribution in [3.8, 4) is 0 Å². The van der Waals surface area contributed by atoms with Crippen LogP contribution in [0.15, 0.2) is 24.3 Å². The maximum atomic E-state index is 12.6. The maximum absolute atomic E-state index is 12.6. The van der Waals surface area contributed by atoms with Crippen molar-refractivity contribution in [1.29, 1.82) is 0 Å². The van der Waals surface area contributed by atoms with Crippen LogP contribution in [0, 0.1) is 27.7 Å². The molecule has 1 aromatic carbocycles. The van der Waals surface area contributed by atoms with Crippen molar-refractivity contribution in [3.63, 3.8) is 0 Å². The standard InChI is InChI=1S/C27H35N3O4/c1-9-33-26(31)24-17(5)15(3)22(28-24)21(19-11-13-20(14-12-19)30(7)8)23-16(4)18(6)25(29-23)27(32)34-10-2/h11-14,21,28-29H,9-10H2,1-8H3. The molecule has 0 atom stereocenters. The van der Waals surface area contributed by atoms with Gasteiger partial charge in [-0.1, -0.05) is 12.1 Å². The summed E-state index contributed by atoms with van der Waals surface area (Å²) in [7, 11) is 4.00. The van der Waals surface area contributed by atoms with Crippen LogP contribution in [-0.4, -0.2) is 49.2 Å². The largest absolute Gasteiger partial charge is 0.461 e. The van der Waals surface area contributed by atoms with Crippen molar-refractivity contribution in [2.24, 2.45) is 0 Å². The highest BCUT2D eigenvalue weighted by Gasteiger charge is 2.30. The van der Waals surface area contributed by atoms with E-state index in [9.17, 15) is 9.59 Å². The third kappa shape index (κ3) is 4.60. The van der Waals surface area contributed by atoms with Crippen LogP contribution in [0.3, 0.4) is 0 Å². The Balaban J connectivity index is 2.24. The molecule has 34 heavy (non-hydrogen) atoms. The van der Waals surface area contributed by atoms with E-state index in [1.807, 2.05) is 46.7 Å². The number of carbonyl (C=O) groups excluding carboxylic acids is 2. The summed E-state index contributed by atoms with van der Waals surface area (Å²) in [5.41, 5.74) is 8.47. The zero-order chi connectivity index (χ0) is 25.2. The molecule has 0 aliphatic carbocycles. The Morgan fingerprint density at radius 3 is 1.53 bits per heavy atom. The van der Waals surface area contributed by atoms with Crippen LogP contribution < -0.4 is 4.90 Å². The number of hydrogen-bond acceptors (Lipinski definition) is 5. The Bertz CT molecular complexity index is 1120. The highest BCUT2D eigenvalue weighted by molar-refractivity contribution is 5.91. The van der Waals surface area contributed by atoms with Gasteiger partial charge in [0.15, 0.2) is 0 Å². The second-order valence-corrected chi connectivity index (χ2v) is 8.69. The topological polar surface area (TPSA) is 87.4 Å². The molecule has 0 aliphatic rings. The number of carbonyl (C=O) groups is 2. The van der Waals surface area contributed by atoms with E-state index in [0.29, 0.717) is 24.6 Å². The molecule has 7 nitrogen and oxygen atoms in total. The van der Waals surface area contributed by atoms with Crippen molar-refractivity contribution < 1.29 is 19.1 Å². The third-order valence-corrected chi connectivity index (χ3v) is 6.48. The van der Waals surface area contributed by atoms with Gasteiger partial charge in [-0.25, -0.2) is 9.59 Å². The molecule has 0 spiro atoms. The van der Waals surface area contributed by atoms with Crippen molar-refractivity contribution in [1.82, 2.24) is 9.97 Å². The number of aromatic nitrogens is 2. The number of nitrogens with zero attached hydrogens (tertiary/aromatic N) is 1. The van der Waals surface area contributed by atoms with Gasteiger partial charge in [-0.15, -0.1) is 0 Å². The lowest BCUT2D eigenvalue weighted by Gasteiger charge is -2.20. The molecular formula is C27H35N3O4. The van der Waals surface area contributed by atoms with Gasteiger partial charge in [0.25, 0.3) is 0 Å². The van der Waals surface area contributed by atoms with Gasteiger partial charge in [0.1, 0.15) is 11.4 Å². The lowest BCUT2D eigenvalue weighted by molar-refractivity contribution is 0.0510. The van der Waals surface area contributed by atoms with Crippen molar-refractivity contribution in [2.75, 3.05) is 32.2 Å². The molecule has 0 radical (unpaired) electrons. The fourth-order valence-electron chi connectivity index (χ4n) is 4.26. The molecule has 0 fully saturated rings. The summed E-state index contributed by atoms with van der Waals surface area (Å²) >= 11 is 0. The molecule has 3 rings (SSSR count). The molecule has 7 heteroatoms. The van der Waals surface area contributed by atoms with Gasteiger partial charge < -0.3 is 24.3 Å². The second-order valence-electron chi connectivity index (χ2n) is 8.69. The van der Waals surface area contributed by atoms with Crippen LogP contribution in [0.5, 0.6) is 0 Å². The summed E-state index contributed by atoms with van der Waals surface area (Å²) in [6.45, 7) is 12.0. The van der Waals surface area contributed by atoms with Gasteiger partial charge in [-0.05, 0) is 81.5 Å². The minimum atomic E-state index is -0.373. The summed E-state index contributed by atoms with van der Waals surface area (Å²) in [6, 6.07) is 8.30. The van der Waals surface area contributed by atoms with Gasteiger partial charge >= 0.3 is 11.9 Å². The first-order valence-corrected chi connectivity index (χ1v) is 11.6. The summed E-state index contributed by atoms with van der Waals surface area (Å²) in [5, 5.41) is 0. The Morgan fingerprint density at radius 1 is 0.765 bits per heavy atom. The van der Waals surface area contributed by atoms with Crippen LogP contribution in [0.2, 0.25) is 0 Å². The molecule has 182 valence electrons. The van der Waals surface area contributed by atoms with E-state index >= 15 is 0 Å². The quantitative estimate of drug-likeness (QED) is 0.448. The SMILES string of the molecule is CCOC(=O)c1[nH]c(C(c2ccc(N(C)C)cc2)c2[nH]c(C(=O)OCC)c(C)c2C)c(C)c1C. The van der Waals surface area contributed by atoms with E-state index in [-0.39, 0.29) is 17.9 Å². The van der Waals surface area contributed by atoms with Gasteiger partial charge in [0, 0.05) is 31.2 Å². The Hall–Kier alpha value is -3.48. The lowest BCUT2D eigenvalue weighted by atomic mass is 9.88. The zero-order valence-electron chi connectivity index (χ0n) is 21.4. The van der Waals surface area contributed by atoms with Gasteiger partial charge in [-0.2, -0.15) is 0 Å². The number of hydrogen-bond donors (Lipinski definition) is 2. The molecule has 0 saturated heterocycles. The number of ether oxygens (including phenoxy) is 2. The van der Waals surface area contributed by atoms with E-state index in [4.69, 9.17) is 9.47 Å². The van der Waals surface area contributed by atoms with Gasteiger partial charge in [0.05, 0.1) is 19.1 Å². The van der Waals surface area contributed by atoms with E-state index in [1.54, 1.807) is 13.8 Å². The predicted molar refractivity (Wildman–Crippen MR) is 134 cm³/mol. The maximum Gasteiger partial charge on any atom is 0.355 e. The fraction of sp³-hybridized carbons (Fsp3) is 0.407. The molecule has 3 aromatic rings. The van der Waals surface area contributed by atoms with E-state index in [2.05, 4.69) is 34.2 Å². The summed E-state index contributed by atoms with van der Waals surface area (Å²) in [5.74, 6) is -0.995. The first-order valence-electron chi connectivity index (χ1n) is 11.6. The van der Waals surface area contributed by atoms with Crippen LogP contribution >= 0.6 is 0 Å². The fourth-order valence-corrected chi connectivity index (χ4v) is 4.26. The first-order chi connectivity index (χ1) is 16.1. The van der Waals surface area contributed by atoms with Crippen LogP contribution in [0.4, 0.5) is 5.69 Å². The number of H-pyrrole nitrogens is 2. The average Bonchev–Trinajstić information content (AvgIpc) is 3.26. The number of anilines is 1. The van der Waals surface area contributed by atoms with Gasteiger partial charge in [-0.3, -0.25) is 0 Å². The number of esters is 2. The lowest BCUT2D eigenvalue weighted by Crippen LogP contribution is -2.11. The van der Waals surface area contributed by atoms with E-state index in [1.165, 1.54) is 0 Å². The Labute approximate surface area is 201 Å². The molecule has 2 aromatic heterocycles. The monoisotopic (exact) mass is 465 g/mol. The minimum absolute atomic E-state index is 0.250. The van der Waals surface area contributed by atoms with E-state index in [0.717, 1.165) is 44.9 Å². The Kier molecular flexibility index (Phi) is 7.54. The summed E-state index contributed by atoms with van der Waals surface area (Å²) < 4.78 is 10.5. The number of aromatic amines is 2. The minimum Gasteiger partial charge on any atom is -0.461 e. The molecule has 0 amide bonds. The number of benzene rings is 1. The van der Waals surface area contributed by atoms with Crippen LogP contribution in [0.25, 0.3) is 0 Å². The third-order valence-electron chi connectivity index (χ3n) is 6.48. The molecule has 0 bridgehead atoms. The second kappa shape index (κ2) is 10.2. The Morgan fingerprint density at radius 2 is 1.18 bits per heavy atom. The molecule has 2 heterocycles. The van der Waals surface area contributed by atoms with Crippen LogP contribution in [0.1, 0.15) is 79.9 Å². The normalized spacial score (nSPS) is 11.1. The molecule has 0 unspecified atom stereocenters. The van der Waals surface area contributed by atoms with Crippen molar-refractivity contribution in [2.45, 2.75) is 47.5 Å². The highest BCUT2D eigenvalue weighted by atomic mass is 16.5. The smallest absolute Gasteiger partial charge is 0.355 e. The number of nitrogens with one attached hydrogen (secondary N) is 2. The molecular weight excluding hydrogens is 430 g/mol. The summed E-state index contributed by atoms with van der Waals surface area (Å²) in [4.78, 5) is 34.0.